The molecule has 2 heterocycles. The smallest absolute Gasteiger partial charge is 0.0145 e. The van der Waals surface area contributed by atoms with E-state index in [1.54, 1.807) is 0 Å². The standard InChI is InChI=1S/C16H33N3/c1-5-17-12-16(2,3)13-19-10-8-15-14(11-19)7-6-9-18(15)4/h14-15,17H,5-13H2,1-4H3. The fourth-order valence-electron chi connectivity index (χ4n) is 4.00. The van der Waals surface area contributed by atoms with Gasteiger partial charge in [0, 0.05) is 25.7 Å². The highest BCUT2D eigenvalue weighted by molar-refractivity contribution is 4.90. The molecule has 2 aliphatic rings. The number of hydrogen-bond acceptors (Lipinski definition) is 3. The molecule has 2 fully saturated rings. The van der Waals surface area contributed by atoms with Gasteiger partial charge in [0.15, 0.2) is 0 Å². The summed E-state index contributed by atoms with van der Waals surface area (Å²) < 4.78 is 0. The number of hydrogen-bond donors (Lipinski definition) is 1. The van der Waals surface area contributed by atoms with Crippen LogP contribution in [0.25, 0.3) is 0 Å². The highest BCUT2D eigenvalue weighted by atomic mass is 15.2. The maximum Gasteiger partial charge on any atom is 0.0145 e. The van der Waals surface area contributed by atoms with E-state index in [2.05, 4.69) is 42.9 Å². The Labute approximate surface area is 119 Å². The molecule has 2 saturated heterocycles. The average Bonchev–Trinajstić information content (AvgIpc) is 2.36. The van der Waals surface area contributed by atoms with Crippen molar-refractivity contribution < 1.29 is 0 Å². The fourth-order valence-corrected chi connectivity index (χ4v) is 4.00. The number of nitrogens with one attached hydrogen (secondary N) is 1. The van der Waals surface area contributed by atoms with Gasteiger partial charge in [0.1, 0.15) is 0 Å². The van der Waals surface area contributed by atoms with E-state index in [-0.39, 0.29) is 0 Å². The molecule has 2 atom stereocenters. The maximum atomic E-state index is 3.51. The van der Waals surface area contributed by atoms with E-state index in [9.17, 15) is 0 Å². The van der Waals surface area contributed by atoms with Crippen molar-refractivity contribution in [3.05, 3.63) is 0 Å². The normalized spacial score (nSPS) is 30.3. The van der Waals surface area contributed by atoms with Gasteiger partial charge in [-0.1, -0.05) is 20.8 Å². The van der Waals surface area contributed by atoms with Gasteiger partial charge in [0.25, 0.3) is 0 Å². The van der Waals surface area contributed by atoms with Crippen LogP contribution in [0.5, 0.6) is 0 Å². The van der Waals surface area contributed by atoms with Gasteiger partial charge in [0.05, 0.1) is 0 Å². The molecule has 0 aromatic rings. The first-order chi connectivity index (χ1) is 9.02. The summed E-state index contributed by atoms with van der Waals surface area (Å²) in [6.45, 7) is 14.4. The Morgan fingerprint density at radius 3 is 2.74 bits per heavy atom. The molecule has 1 N–H and O–H groups in total. The second-order valence-electron chi connectivity index (χ2n) is 7.42. The lowest BCUT2D eigenvalue weighted by molar-refractivity contribution is 0.0241. The Bertz CT molecular complexity index is 277. The SMILES string of the molecule is CCNCC(C)(C)CN1CCC2C(CCCN2C)C1. The van der Waals surface area contributed by atoms with Crippen molar-refractivity contribution in [2.75, 3.05) is 46.3 Å². The minimum atomic E-state index is 0.392. The quantitative estimate of drug-likeness (QED) is 0.822. The summed E-state index contributed by atoms with van der Waals surface area (Å²) in [5.74, 6) is 0.919. The third-order valence-corrected chi connectivity index (χ3v) is 4.94. The molecule has 112 valence electrons. The second kappa shape index (κ2) is 6.55. The molecule has 2 rings (SSSR count). The van der Waals surface area contributed by atoms with Crippen LogP contribution < -0.4 is 5.32 Å². The fraction of sp³-hybridized carbons (Fsp3) is 1.00. The van der Waals surface area contributed by atoms with Crippen LogP contribution in [-0.4, -0.2) is 62.2 Å². The van der Waals surface area contributed by atoms with E-state index in [0.717, 1.165) is 25.0 Å². The molecule has 3 heteroatoms. The summed E-state index contributed by atoms with van der Waals surface area (Å²) in [5, 5.41) is 3.51. The van der Waals surface area contributed by atoms with Gasteiger partial charge in [-0.15, -0.1) is 0 Å². The van der Waals surface area contributed by atoms with Crippen molar-refractivity contribution in [1.82, 2.24) is 15.1 Å². The summed E-state index contributed by atoms with van der Waals surface area (Å²) in [5.41, 5.74) is 0.392. The lowest BCUT2D eigenvalue weighted by Gasteiger charge is -2.47. The van der Waals surface area contributed by atoms with Crippen molar-refractivity contribution >= 4 is 0 Å². The molecule has 19 heavy (non-hydrogen) atoms. The first-order valence-corrected chi connectivity index (χ1v) is 8.15. The Kier molecular flexibility index (Phi) is 5.27. The van der Waals surface area contributed by atoms with Gasteiger partial charge in [-0.2, -0.15) is 0 Å². The first kappa shape index (κ1) is 15.3. The van der Waals surface area contributed by atoms with Gasteiger partial charge >= 0.3 is 0 Å². The van der Waals surface area contributed by atoms with Crippen LogP contribution in [0.2, 0.25) is 0 Å². The van der Waals surface area contributed by atoms with Crippen molar-refractivity contribution in [1.29, 1.82) is 0 Å². The van der Waals surface area contributed by atoms with Crippen LogP contribution in [0, 0.1) is 11.3 Å². The summed E-state index contributed by atoms with van der Waals surface area (Å²) in [6, 6.07) is 0.863. The van der Waals surface area contributed by atoms with Crippen molar-refractivity contribution in [3.8, 4) is 0 Å². The Morgan fingerprint density at radius 2 is 2.00 bits per heavy atom. The van der Waals surface area contributed by atoms with Crippen molar-refractivity contribution in [2.24, 2.45) is 11.3 Å². The summed E-state index contributed by atoms with van der Waals surface area (Å²) in [7, 11) is 2.32. The molecule has 0 aromatic heterocycles. The average molecular weight is 267 g/mol. The van der Waals surface area contributed by atoms with E-state index in [1.165, 1.54) is 45.4 Å². The Morgan fingerprint density at radius 1 is 1.21 bits per heavy atom. The zero-order valence-corrected chi connectivity index (χ0v) is 13.4. The molecule has 0 radical (unpaired) electrons. The summed E-state index contributed by atoms with van der Waals surface area (Å²) >= 11 is 0. The zero-order chi connectivity index (χ0) is 13.9. The van der Waals surface area contributed by atoms with E-state index < -0.39 is 0 Å². The van der Waals surface area contributed by atoms with Crippen LogP contribution in [0.3, 0.4) is 0 Å². The maximum absolute atomic E-state index is 3.51. The third kappa shape index (κ3) is 4.17. The van der Waals surface area contributed by atoms with Crippen molar-refractivity contribution in [3.63, 3.8) is 0 Å². The summed E-state index contributed by atoms with van der Waals surface area (Å²) in [4.78, 5) is 5.33. The molecule has 0 saturated carbocycles. The number of rotatable bonds is 5. The number of piperidine rings is 2. The first-order valence-electron chi connectivity index (χ1n) is 8.15. The van der Waals surface area contributed by atoms with Gasteiger partial charge < -0.3 is 15.1 Å². The van der Waals surface area contributed by atoms with E-state index in [0.29, 0.717) is 5.41 Å². The van der Waals surface area contributed by atoms with E-state index in [4.69, 9.17) is 0 Å². The molecule has 0 aliphatic carbocycles. The molecule has 0 bridgehead atoms. The van der Waals surface area contributed by atoms with E-state index in [1.807, 2.05) is 0 Å². The highest BCUT2D eigenvalue weighted by Crippen LogP contribution is 2.30. The molecule has 2 aliphatic heterocycles. The topological polar surface area (TPSA) is 18.5 Å². The third-order valence-electron chi connectivity index (χ3n) is 4.94. The predicted molar refractivity (Wildman–Crippen MR) is 82.5 cm³/mol. The minimum absolute atomic E-state index is 0.392. The lowest BCUT2D eigenvalue weighted by atomic mass is 9.83. The van der Waals surface area contributed by atoms with Gasteiger partial charge in [-0.05, 0) is 57.3 Å². The Balaban J connectivity index is 1.83. The molecular weight excluding hydrogens is 234 g/mol. The monoisotopic (exact) mass is 267 g/mol. The molecular formula is C16H33N3. The van der Waals surface area contributed by atoms with Gasteiger partial charge in [-0.3, -0.25) is 0 Å². The van der Waals surface area contributed by atoms with Gasteiger partial charge in [0.2, 0.25) is 0 Å². The van der Waals surface area contributed by atoms with Crippen molar-refractivity contribution in [2.45, 2.75) is 46.1 Å². The molecule has 3 nitrogen and oxygen atoms in total. The molecule has 0 spiro atoms. The van der Waals surface area contributed by atoms with Crippen LogP contribution in [0.15, 0.2) is 0 Å². The van der Waals surface area contributed by atoms with Crippen LogP contribution >= 0.6 is 0 Å². The highest BCUT2D eigenvalue weighted by Gasteiger charge is 2.35. The number of nitrogens with zero attached hydrogens (tertiary/aromatic N) is 2. The largest absolute Gasteiger partial charge is 0.316 e. The van der Waals surface area contributed by atoms with E-state index >= 15 is 0 Å². The van der Waals surface area contributed by atoms with Crippen LogP contribution in [0.1, 0.15) is 40.0 Å². The predicted octanol–water partition coefficient (Wildman–Crippen LogP) is 2.04. The zero-order valence-electron chi connectivity index (χ0n) is 13.4. The van der Waals surface area contributed by atoms with Crippen LogP contribution in [0.4, 0.5) is 0 Å². The lowest BCUT2D eigenvalue weighted by Crippen LogP contribution is -2.54. The number of likely N-dealkylation sites (tertiary alicyclic amines) is 2. The summed E-state index contributed by atoms with van der Waals surface area (Å²) in [6.07, 6.45) is 4.21. The molecule has 0 aromatic carbocycles. The number of fused-ring (bicyclic) bond motifs is 1. The van der Waals surface area contributed by atoms with Gasteiger partial charge in [-0.25, -0.2) is 0 Å². The minimum Gasteiger partial charge on any atom is -0.316 e. The second-order valence-corrected chi connectivity index (χ2v) is 7.42. The molecule has 2 unspecified atom stereocenters. The molecule has 0 amide bonds. The Hall–Kier alpha value is -0.120. The van der Waals surface area contributed by atoms with Crippen LogP contribution in [-0.2, 0) is 0 Å².